The molecule has 0 spiro atoms. The first-order chi connectivity index (χ1) is 7.29. The molecule has 0 saturated heterocycles. The molecule has 0 aliphatic carbocycles. The third-order valence-electron chi connectivity index (χ3n) is 1.97. The van der Waals surface area contributed by atoms with E-state index in [1.54, 1.807) is 24.3 Å². The SMILES string of the molecule is OB(O)c1ccccc1-c1ncncn1. The molecular weight excluding hydrogens is 193 g/mol. The van der Waals surface area contributed by atoms with Crippen LogP contribution < -0.4 is 5.46 Å². The summed E-state index contributed by atoms with van der Waals surface area (Å²) in [5.74, 6) is 0.425. The van der Waals surface area contributed by atoms with Gasteiger partial charge >= 0.3 is 7.12 Å². The van der Waals surface area contributed by atoms with Crippen LogP contribution in [0.15, 0.2) is 36.9 Å². The quantitative estimate of drug-likeness (QED) is 0.623. The second kappa shape index (κ2) is 4.16. The van der Waals surface area contributed by atoms with Crippen molar-refractivity contribution < 1.29 is 10.0 Å². The third kappa shape index (κ3) is 2.00. The number of aromatic nitrogens is 3. The molecule has 0 amide bonds. The van der Waals surface area contributed by atoms with Crippen molar-refractivity contribution in [3.63, 3.8) is 0 Å². The van der Waals surface area contributed by atoms with Gasteiger partial charge in [0.05, 0.1) is 0 Å². The number of hydrogen-bond acceptors (Lipinski definition) is 5. The molecule has 0 fully saturated rings. The molecule has 1 heterocycles. The maximum atomic E-state index is 9.15. The molecule has 0 saturated carbocycles. The van der Waals surface area contributed by atoms with Crippen molar-refractivity contribution in [3.8, 4) is 11.4 Å². The van der Waals surface area contributed by atoms with Crippen molar-refractivity contribution in [2.24, 2.45) is 0 Å². The van der Waals surface area contributed by atoms with E-state index >= 15 is 0 Å². The zero-order valence-corrected chi connectivity index (χ0v) is 7.78. The van der Waals surface area contributed by atoms with E-state index in [2.05, 4.69) is 15.0 Å². The fourth-order valence-electron chi connectivity index (χ4n) is 1.30. The molecule has 2 N–H and O–H groups in total. The van der Waals surface area contributed by atoms with E-state index in [1.807, 2.05) is 0 Å². The zero-order chi connectivity index (χ0) is 10.7. The molecule has 74 valence electrons. The summed E-state index contributed by atoms with van der Waals surface area (Å²) in [6.45, 7) is 0. The second-order valence-electron chi connectivity index (χ2n) is 2.92. The van der Waals surface area contributed by atoms with E-state index in [1.165, 1.54) is 12.7 Å². The van der Waals surface area contributed by atoms with E-state index in [4.69, 9.17) is 10.0 Å². The van der Waals surface area contributed by atoms with Gasteiger partial charge in [0.15, 0.2) is 5.82 Å². The predicted molar refractivity (Wildman–Crippen MR) is 55.1 cm³/mol. The molecule has 5 nitrogen and oxygen atoms in total. The molecule has 0 unspecified atom stereocenters. The van der Waals surface area contributed by atoms with Crippen molar-refractivity contribution in [1.82, 2.24) is 15.0 Å². The summed E-state index contributed by atoms with van der Waals surface area (Å²) in [6, 6.07) is 6.85. The van der Waals surface area contributed by atoms with Crippen molar-refractivity contribution >= 4 is 12.6 Å². The molecule has 0 aliphatic heterocycles. The van der Waals surface area contributed by atoms with Gasteiger partial charge in [-0.2, -0.15) is 0 Å². The molecule has 1 aromatic heterocycles. The molecule has 0 bridgehead atoms. The molecule has 6 heteroatoms. The summed E-state index contributed by atoms with van der Waals surface area (Å²) >= 11 is 0. The van der Waals surface area contributed by atoms with Gasteiger partial charge in [-0.25, -0.2) is 15.0 Å². The summed E-state index contributed by atoms with van der Waals surface area (Å²) in [6.07, 6.45) is 2.73. The van der Waals surface area contributed by atoms with Crippen LogP contribution in [-0.4, -0.2) is 32.1 Å². The highest BCUT2D eigenvalue weighted by Gasteiger charge is 2.17. The van der Waals surface area contributed by atoms with Crippen LogP contribution in [0, 0.1) is 0 Å². The van der Waals surface area contributed by atoms with Gasteiger partial charge in [0.25, 0.3) is 0 Å². The van der Waals surface area contributed by atoms with Crippen molar-refractivity contribution in [3.05, 3.63) is 36.9 Å². The van der Waals surface area contributed by atoms with Gasteiger partial charge in [0.2, 0.25) is 0 Å². The summed E-state index contributed by atoms with van der Waals surface area (Å²) in [7, 11) is -1.53. The van der Waals surface area contributed by atoms with E-state index in [0.717, 1.165) is 0 Å². The maximum Gasteiger partial charge on any atom is 0.489 e. The van der Waals surface area contributed by atoms with Crippen molar-refractivity contribution in [1.29, 1.82) is 0 Å². The second-order valence-corrected chi connectivity index (χ2v) is 2.92. The maximum absolute atomic E-state index is 9.15. The third-order valence-corrected chi connectivity index (χ3v) is 1.97. The lowest BCUT2D eigenvalue weighted by atomic mass is 9.77. The highest BCUT2D eigenvalue weighted by molar-refractivity contribution is 6.60. The van der Waals surface area contributed by atoms with Crippen LogP contribution in [0.25, 0.3) is 11.4 Å². The highest BCUT2D eigenvalue weighted by atomic mass is 16.4. The van der Waals surface area contributed by atoms with Crippen LogP contribution in [0.2, 0.25) is 0 Å². The van der Waals surface area contributed by atoms with Gasteiger partial charge in [0, 0.05) is 5.56 Å². The normalized spacial score (nSPS) is 10.0. The number of benzene rings is 1. The Balaban J connectivity index is 2.53. The summed E-state index contributed by atoms with van der Waals surface area (Å²) in [4.78, 5) is 11.6. The average Bonchev–Trinajstić information content (AvgIpc) is 2.30. The van der Waals surface area contributed by atoms with Crippen LogP contribution in [-0.2, 0) is 0 Å². The molecule has 0 radical (unpaired) electrons. The fraction of sp³-hybridized carbons (Fsp3) is 0. The van der Waals surface area contributed by atoms with Gasteiger partial charge in [-0.3, -0.25) is 0 Å². The minimum atomic E-state index is -1.53. The summed E-state index contributed by atoms with van der Waals surface area (Å²) < 4.78 is 0. The minimum absolute atomic E-state index is 0.378. The lowest BCUT2D eigenvalue weighted by Gasteiger charge is -2.05. The monoisotopic (exact) mass is 201 g/mol. The number of rotatable bonds is 2. The Morgan fingerprint density at radius 2 is 1.67 bits per heavy atom. The van der Waals surface area contributed by atoms with E-state index in [0.29, 0.717) is 16.9 Å². The summed E-state index contributed by atoms with van der Waals surface area (Å²) in [5.41, 5.74) is 0.971. The average molecular weight is 201 g/mol. The molecule has 0 atom stereocenters. The fourth-order valence-corrected chi connectivity index (χ4v) is 1.30. The zero-order valence-electron chi connectivity index (χ0n) is 7.78. The lowest BCUT2D eigenvalue weighted by Crippen LogP contribution is -2.31. The van der Waals surface area contributed by atoms with Gasteiger partial charge in [-0.05, 0) is 5.46 Å². The van der Waals surface area contributed by atoms with E-state index < -0.39 is 7.12 Å². The molecule has 0 aliphatic rings. The van der Waals surface area contributed by atoms with Crippen LogP contribution >= 0.6 is 0 Å². The van der Waals surface area contributed by atoms with Gasteiger partial charge in [-0.1, -0.05) is 24.3 Å². The molecule has 1 aromatic carbocycles. The molecular formula is C9H8BN3O2. The number of nitrogens with zero attached hydrogens (tertiary/aromatic N) is 3. The minimum Gasteiger partial charge on any atom is -0.423 e. The standard InChI is InChI=1S/C9H8BN3O2/c14-10(15)8-4-2-1-3-7(8)9-12-5-11-6-13-9/h1-6,14-15H. The number of hydrogen-bond donors (Lipinski definition) is 2. The topological polar surface area (TPSA) is 79.1 Å². The summed E-state index contributed by atoms with van der Waals surface area (Å²) in [5, 5.41) is 18.3. The van der Waals surface area contributed by atoms with E-state index in [9.17, 15) is 0 Å². The molecule has 15 heavy (non-hydrogen) atoms. The molecule has 2 rings (SSSR count). The Hall–Kier alpha value is -1.79. The van der Waals surface area contributed by atoms with E-state index in [-0.39, 0.29) is 0 Å². The van der Waals surface area contributed by atoms with Crippen LogP contribution in [0.5, 0.6) is 0 Å². The first kappa shape index (κ1) is 9.76. The smallest absolute Gasteiger partial charge is 0.423 e. The largest absolute Gasteiger partial charge is 0.489 e. The Morgan fingerprint density at radius 3 is 2.33 bits per heavy atom. The lowest BCUT2D eigenvalue weighted by molar-refractivity contribution is 0.426. The Bertz CT molecular complexity index is 450. The predicted octanol–water partition coefficient (Wildman–Crippen LogP) is -0.782. The van der Waals surface area contributed by atoms with Crippen LogP contribution in [0.4, 0.5) is 0 Å². The van der Waals surface area contributed by atoms with Crippen LogP contribution in [0.3, 0.4) is 0 Å². The van der Waals surface area contributed by atoms with Gasteiger partial charge in [0.1, 0.15) is 12.7 Å². The Morgan fingerprint density at radius 1 is 1.00 bits per heavy atom. The van der Waals surface area contributed by atoms with Gasteiger partial charge < -0.3 is 10.0 Å². The van der Waals surface area contributed by atoms with Crippen LogP contribution in [0.1, 0.15) is 0 Å². The Labute approximate surface area is 86.6 Å². The highest BCUT2D eigenvalue weighted by Crippen LogP contribution is 2.10. The first-order valence-corrected chi connectivity index (χ1v) is 4.36. The van der Waals surface area contributed by atoms with Gasteiger partial charge in [-0.15, -0.1) is 0 Å². The van der Waals surface area contributed by atoms with Crippen molar-refractivity contribution in [2.45, 2.75) is 0 Å². The first-order valence-electron chi connectivity index (χ1n) is 4.36. The van der Waals surface area contributed by atoms with Crippen molar-refractivity contribution in [2.75, 3.05) is 0 Å². The molecule has 2 aromatic rings. The Kier molecular flexibility index (Phi) is 2.71.